The molecule has 2 rings (SSSR count). The molecular weight excluding hydrogens is 202 g/mol. The first kappa shape index (κ1) is 9.13. The van der Waals surface area contributed by atoms with E-state index in [0.29, 0.717) is 5.56 Å². The van der Waals surface area contributed by atoms with Crippen molar-refractivity contribution in [3.63, 3.8) is 0 Å². The van der Waals surface area contributed by atoms with E-state index in [1.807, 2.05) is 0 Å². The summed E-state index contributed by atoms with van der Waals surface area (Å²) in [5, 5.41) is 22.4. The number of hydrogen-bond acceptors (Lipinski definition) is 6. The number of hydrogen-bond donors (Lipinski definition) is 1. The minimum Gasteiger partial charge on any atom is -0.477 e. The summed E-state index contributed by atoms with van der Waals surface area (Å²) in [4.78, 5) is 13.4. The zero-order valence-corrected chi connectivity index (χ0v) is 7.32. The van der Waals surface area contributed by atoms with Crippen molar-refractivity contribution in [2.24, 2.45) is 0 Å². The van der Waals surface area contributed by atoms with Crippen molar-refractivity contribution in [1.82, 2.24) is 10.1 Å². The molecule has 76 valence electrons. The zero-order valence-electron chi connectivity index (χ0n) is 7.32. The van der Waals surface area contributed by atoms with Crippen LogP contribution >= 0.6 is 0 Å². The van der Waals surface area contributed by atoms with E-state index in [9.17, 15) is 10.1 Å². The predicted octanol–water partition coefficient (Wildman–Crippen LogP) is 1.35. The molecule has 0 fully saturated rings. The maximum Gasteiger partial charge on any atom is 0.352 e. The molecule has 1 aromatic carbocycles. The maximum absolute atomic E-state index is 10.4. The Kier molecular flexibility index (Phi) is 2.05. The fourth-order valence-corrected chi connectivity index (χ4v) is 1.06. The Morgan fingerprint density at radius 3 is 2.47 bits per heavy atom. The second-order valence-electron chi connectivity index (χ2n) is 2.70. The standard InChI is InChI=1S/C8H5N3O4/c12-8-9-7(15-10-8)5-1-3-6(4-2-5)11(13)14/h1-4H,(H,10,12). The van der Waals surface area contributed by atoms with Crippen LogP contribution in [0.25, 0.3) is 11.5 Å². The van der Waals surface area contributed by atoms with Gasteiger partial charge in [0.25, 0.3) is 11.6 Å². The zero-order chi connectivity index (χ0) is 10.8. The smallest absolute Gasteiger partial charge is 0.352 e. The minimum atomic E-state index is -0.505. The summed E-state index contributed by atoms with van der Waals surface area (Å²) in [5.74, 6) is 0.113. The fourth-order valence-electron chi connectivity index (χ4n) is 1.06. The SMILES string of the molecule is O=[N+]([O-])c1ccc(-c2nc(O)no2)cc1. The first-order valence-electron chi connectivity index (χ1n) is 3.94. The van der Waals surface area contributed by atoms with Gasteiger partial charge in [0.1, 0.15) is 0 Å². The number of nitrogens with zero attached hydrogens (tertiary/aromatic N) is 3. The fraction of sp³-hybridized carbons (Fsp3) is 0. The van der Waals surface area contributed by atoms with Gasteiger partial charge in [-0.1, -0.05) is 0 Å². The van der Waals surface area contributed by atoms with Gasteiger partial charge in [0.15, 0.2) is 0 Å². The Hall–Kier alpha value is -2.44. The highest BCUT2D eigenvalue weighted by Crippen LogP contribution is 2.21. The van der Waals surface area contributed by atoms with Gasteiger partial charge in [-0.3, -0.25) is 10.1 Å². The van der Waals surface area contributed by atoms with Crippen molar-refractivity contribution >= 4 is 5.69 Å². The van der Waals surface area contributed by atoms with Crippen LogP contribution in [0.5, 0.6) is 6.01 Å². The molecule has 1 heterocycles. The summed E-state index contributed by atoms with van der Waals surface area (Å²) >= 11 is 0. The lowest BCUT2D eigenvalue weighted by Gasteiger charge is -1.93. The molecule has 0 saturated carbocycles. The van der Waals surface area contributed by atoms with E-state index in [-0.39, 0.29) is 11.6 Å². The van der Waals surface area contributed by atoms with Crippen molar-refractivity contribution in [2.75, 3.05) is 0 Å². The molecule has 1 aromatic heterocycles. The molecular formula is C8H5N3O4. The van der Waals surface area contributed by atoms with Crippen molar-refractivity contribution < 1.29 is 14.6 Å². The summed E-state index contributed by atoms with van der Waals surface area (Å²) in [7, 11) is 0. The van der Waals surface area contributed by atoms with Gasteiger partial charge in [-0.05, 0) is 17.3 Å². The van der Waals surface area contributed by atoms with E-state index in [2.05, 4.69) is 14.7 Å². The highest BCUT2D eigenvalue weighted by molar-refractivity contribution is 5.55. The van der Waals surface area contributed by atoms with Crippen LogP contribution < -0.4 is 0 Å². The molecule has 7 heteroatoms. The van der Waals surface area contributed by atoms with Crippen LogP contribution in [0.15, 0.2) is 28.8 Å². The summed E-state index contributed by atoms with van der Waals surface area (Å²) < 4.78 is 4.67. The molecule has 0 amide bonds. The Morgan fingerprint density at radius 1 is 1.33 bits per heavy atom. The molecule has 1 N–H and O–H groups in total. The first-order chi connectivity index (χ1) is 7.16. The number of rotatable bonds is 2. The summed E-state index contributed by atoms with van der Waals surface area (Å²) in [5.41, 5.74) is 0.482. The first-order valence-corrected chi connectivity index (χ1v) is 3.94. The molecule has 0 spiro atoms. The average Bonchev–Trinajstić information content (AvgIpc) is 2.65. The average molecular weight is 207 g/mol. The number of benzene rings is 1. The highest BCUT2D eigenvalue weighted by Gasteiger charge is 2.10. The Labute approximate surface area is 83.1 Å². The van der Waals surface area contributed by atoms with Crippen LogP contribution in [-0.2, 0) is 0 Å². The molecule has 0 unspecified atom stereocenters. The van der Waals surface area contributed by atoms with Gasteiger partial charge in [-0.25, -0.2) is 0 Å². The van der Waals surface area contributed by atoms with Gasteiger partial charge in [-0.15, -0.1) is 0 Å². The quantitative estimate of drug-likeness (QED) is 0.588. The van der Waals surface area contributed by atoms with E-state index < -0.39 is 10.9 Å². The highest BCUT2D eigenvalue weighted by atomic mass is 16.6. The second kappa shape index (κ2) is 3.37. The normalized spacial score (nSPS) is 10.1. The molecule has 0 saturated heterocycles. The van der Waals surface area contributed by atoms with Crippen LogP contribution in [0.1, 0.15) is 0 Å². The summed E-state index contributed by atoms with van der Waals surface area (Å²) in [6.07, 6.45) is 0. The molecule has 0 aliphatic heterocycles. The molecule has 0 aliphatic rings. The van der Waals surface area contributed by atoms with Crippen LogP contribution in [-0.4, -0.2) is 20.2 Å². The number of aromatic nitrogens is 2. The monoisotopic (exact) mass is 207 g/mol. The maximum atomic E-state index is 10.4. The van der Waals surface area contributed by atoms with Gasteiger partial charge in [0.05, 0.1) is 4.92 Å². The van der Waals surface area contributed by atoms with Gasteiger partial charge >= 0.3 is 6.01 Å². The largest absolute Gasteiger partial charge is 0.477 e. The van der Waals surface area contributed by atoms with Gasteiger partial charge in [0, 0.05) is 17.7 Å². The van der Waals surface area contributed by atoms with Crippen molar-refractivity contribution in [3.8, 4) is 17.5 Å². The van der Waals surface area contributed by atoms with E-state index in [1.54, 1.807) is 0 Å². The number of nitro benzene ring substituents is 1. The molecule has 15 heavy (non-hydrogen) atoms. The molecule has 7 nitrogen and oxygen atoms in total. The molecule has 0 atom stereocenters. The molecule has 0 bridgehead atoms. The second-order valence-corrected chi connectivity index (χ2v) is 2.70. The Morgan fingerprint density at radius 2 is 2.00 bits per heavy atom. The van der Waals surface area contributed by atoms with Crippen molar-refractivity contribution in [1.29, 1.82) is 0 Å². The van der Waals surface area contributed by atoms with Crippen molar-refractivity contribution in [3.05, 3.63) is 34.4 Å². The third-order valence-electron chi connectivity index (χ3n) is 1.74. The van der Waals surface area contributed by atoms with Crippen LogP contribution in [0, 0.1) is 10.1 Å². The lowest BCUT2D eigenvalue weighted by molar-refractivity contribution is -0.384. The van der Waals surface area contributed by atoms with Crippen LogP contribution in [0.3, 0.4) is 0 Å². The molecule has 0 aliphatic carbocycles. The lowest BCUT2D eigenvalue weighted by Crippen LogP contribution is -1.87. The third kappa shape index (κ3) is 1.75. The van der Waals surface area contributed by atoms with E-state index >= 15 is 0 Å². The van der Waals surface area contributed by atoms with E-state index in [1.165, 1.54) is 24.3 Å². The lowest BCUT2D eigenvalue weighted by atomic mass is 10.2. The number of nitro groups is 1. The summed E-state index contributed by atoms with van der Waals surface area (Å²) in [6, 6.07) is 5.09. The van der Waals surface area contributed by atoms with E-state index in [4.69, 9.17) is 5.11 Å². The van der Waals surface area contributed by atoms with Gasteiger partial charge in [0.2, 0.25) is 0 Å². The van der Waals surface area contributed by atoms with Crippen molar-refractivity contribution in [2.45, 2.75) is 0 Å². The number of non-ortho nitro benzene ring substituents is 1. The topological polar surface area (TPSA) is 102 Å². The Bertz CT molecular complexity index is 491. The van der Waals surface area contributed by atoms with Crippen LogP contribution in [0.4, 0.5) is 5.69 Å². The van der Waals surface area contributed by atoms with E-state index in [0.717, 1.165) is 0 Å². The summed E-state index contributed by atoms with van der Waals surface area (Å²) in [6.45, 7) is 0. The number of aromatic hydroxyl groups is 1. The Balaban J connectivity index is 2.35. The van der Waals surface area contributed by atoms with Gasteiger partial charge in [-0.2, -0.15) is 4.98 Å². The molecule has 2 aromatic rings. The predicted molar refractivity (Wildman–Crippen MR) is 48.1 cm³/mol. The van der Waals surface area contributed by atoms with Gasteiger partial charge < -0.3 is 9.63 Å². The third-order valence-corrected chi connectivity index (χ3v) is 1.74. The minimum absolute atomic E-state index is 0.0255. The van der Waals surface area contributed by atoms with Crippen LogP contribution in [0.2, 0.25) is 0 Å². The molecule has 0 radical (unpaired) electrons.